The highest BCUT2D eigenvalue weighted by molar-refractivity contribution is 5.10. The maximum Gasteiger partial charge on any atom is 0.350 e. The fourth-order valence-corrected chi connectivity index (χ4v) is 0.291. The summed E-state index contributed by atoms with van der Waals surface area (Å²) in [5.74, 6) is -1.72. The van der Waals surface area contributed by atoms with Gasteiger partial charge in [0, 0.05) is 14.2 Å². The fourth-order valence-electron chi connectivity index (χ4n) is 0.291. The summed E-state index contributed by atoms with van der Waals surface area (Å²) in [6, 6.07) is 3.12. The second-order valence-corrected chi connectivity index (χ2v) is 1.25. The van der Waals surface area contributed by atoms with Crippen LogP contribution >= 0.6 is 0 Å². The number of nitriles is 2. The van der Waals surface area contributed by atoms with Crippen LogP contribution in [0.3, 0.4) is 0 Å². The summed E-state index contributed by atoms with van der Waals surface area (Å²) in [5, 5.41) is 16.5. The Bertz CT molecular complexity index is 145. The Labute approximate surface area is 53.2 Å². The van der Waals surface area contributed by atoms with Gasteiger partial charge >= 0.3 is 5.79 Å². The third kappa shape index (κ3) is 1.39. The Kier molecular flexibility index (Phi) is 2.66. The van der Waals surface area contributed by atoms with E-state index in [1.165, 1.54) is 14.2 Å². The average Bonchev–Trinajstić information content (AvgIpc) is 1.95. The van der Waals surface area contributed by atoms with E-state index in [0.29, 0.717) is 0 Å². The molecule has 0 aliphatic rings. The first-order valence-electron chi connectivity index (χ1n) is 2.17. The first-order chi connectivity index (χ1) is 4.24. The van der Waals surface area contributed by atoms with Crippen LogP contribution in [-0.2, 0) is 9.47 Å². The van der Waals surface area contributed by atoms with Crippen molar-refractivity contribution >= 4 is 0 Å². The molecule has 0 atom stereocenters. The van der Waals surface area contributed by atoms with E-state index >= 15 is 0 Å². The zero-order chi connectivity index (χ0) is 7.33. The zero-order valence-electron chi connectivity index (χ0n) is 5.21. The molecule has 0 spiro atoms. The molecule has 4 heteroatoms. The van der Waals surface area contributed by atoms with Crippen LogP contribution in [0.2, 0.25) is 0 Å². The minimum Gasteiger partial charge on any atom is -0.330 e. The molecular weight excluding hydrogens is 120 g/mol. The molecule has 0 N–H and O–H groups in total. The molecule has 0 fully saturated rings. The third-order valence-corrected chi connectivity index (χ3v) is 0.869. The molecule has 0 aromatic heterocycles. The van der Waals surface area contributed by atoms with Crippen molar-refractivity contribution in [1.29, 1.82) is 10.5 Å². The van der Waals surface area contributed by atoms with Crippen LogP contribution in [0, 0.1) is 22.7 Å². The molecular formula is C5H6N2O2. The SMILES string of the molecule is COC(C#N)(C#N)OC. The van der Waals surface area contributed by atoms with Crippen LogP contribution in [0.4, 0.5) is 0 Å². The van der Waals surface area contributed by atoms with Crippen LogP contribution in [0.15, 0.2) is 0 Å². The molecule has 0 amide bonds. The van der Waals surface area contributed by atoms with Crippen molar-refractivity contribution in [3.05, 3.63) is 0 Å². The first kappa shape index (κ1) is 7.90. The zero-order valence-corrected chi connectivity index (χ0v) is 5.21. The summed E-state index contributed by atoms with van der Waals surface area (Å²) in [4.78, 5) is 0. The molecule has 0 saturated carbocycles. The van der Waals surface area contributed by atoms with Crippen LogP contribution in [-0.4, -0.2) is 20.0 Å². The quantitative estimate of drug-likeness (QED) is 0.489. The maximum absolute atomic E-state index is 8.25. The van der Waals surface area contributed by atoms with Crippen LogP contribution in [0.5, 0.6) is 0 Å². The van der Waals surface area contributed by atoms with E-state index in [0.717, 1.165) is 0 Å². The molecule has 0 aromatic rings. The monoisotopic (exact) mass is 126 g/mol. The van der Waals surface area contributed by atoms with Gasteiger partial charge < -0.3 is 9.47 Å². The van der Waals surface area contributed by atoms with Crippen LogP contribution in [0.25, 0.3) is 0 Å². The first-order valence-corrected chi connectivity index (χ1v) is 2.17. The molecule has 0 rings (SSSR count). The Morgan fingerprint density at radius 1 is 1.11 bits per heavy atom. The summed E-state index contributed by atoms with van der Waals surface area (Å²) >= 11 is 0. The van der Waals surface area contributed by atoms with E-state index in [9.17, 15) is 0 Å². The van der Waals surface area contributed by atoms with Gasteiger partial charge in [0.2, 0.25) is 0 Å². The molecule has 0 bridgehead atoms. The van der Waals surface area contributed by atoms with Crippen LogP contribution in [0.1, 0.15) is 0 Å². The van der Waals surface area contributed by atoms with Gasteiger partial charge in [-0.15, -0.1) is 0 Å². The van der Waals surface area contributed by atoms with Gasteiger partial charge in [-0.05, 0) is 0 Å². The molecule has 0 saturated heterocycles. The highest BCUT2D eigenvalue weighted by Crippen LogP contribution is 2.05. The number of hydrogen-bond donors (Lipinski definition) is 0. The standard InChI is InChI=1S/C5H6N2O2/c1-8-5(3-6,4-7)9-2/h1-2H3. The van der Waals surface area contributed by atoms with E-state index < -0.39 is 5.79 Å². The van der Waals surface area contributed by atoms with E-state index in [-0.39, 0.29) is 0 Å². The van der Waals surface area contributed by atoms with Gasteiger partial charge in [-0.2, -0.15) is 10.5 Å². The molecule has 4 nitrogen and oxygen atoms in total. The number of ether oxygens (including phenoxy) is 2. The lowest BCUT2D eigenvalue weighted by atomic mass is 10.3. The van der Waals surface area contributed by atoms with Crippen molar-refractivity contribution in [3.63, 3.8) is 0 Å². The highest BCUT2D eigenvalue weighted by Gasteiger charge is 2.28. The molecule has 0 unspecified atom stereocenters. The largest absolute Gasteiger partial charge is 0.350 e. The second kappa shape index (κ2) is 3.03. The van der Waals surface area contributed by atoms with E-state index in [4.69, 9.17) is 10.5 Å². The molecule has 0 radical (unpaired) electrons. The lowest BCUT2D eigenvalue weighted by Crippen LogP contribution is -2.29. The lowest BCUT2D eigenvalue weighted by Gasteiger charge is -2.12. The van der Waals surface area contributed by atoms with Gasteiger partial charge in [0.1, 0.15) is 12.1 Å². The smallest absolute Gasteiger partial charge is 0.330 e. The minimum absolute atomic E-state index is 1.23. The van der Waals surface area contributed by atoms with Crippen molar-refractivity contribution in [1.82, 2.24) is 0 Å². The van der Waals surface area contributed by atoms with E-state index in [2.05, 4.69) is 9.47 Å². The van der Waals surface area contributed by atoms with Gasteiger partial charge in [0.05, 0.1) is 0 Å². The van der Waals surface area contributed by atoms with Crippen molar-refractivity contribution in [2.45, 2.75) is 5.79 Å². The van der Waals surface area contributed by atoms with E-state index in [1.807, 2.05) is 0 Å². The van der Waals surface area contributed by atoms with Gasteiger partial charge in [-0.25, -0.2) is 0 Å². The normalized spacial score (nSPS) is 9.78. The summed E-state index contributed by atoms with van der Waals surface area (Å²) in [7, 11) is 2.46. The van der Waals surface area contributed by atoms with Gasteiger partial charge in [0.15, 0.2) is 0 Å². The molecule has 0 aliphatic carbocycles. The number of methoxy groups -OCH3 is 2. The van der Waals surface area contributed by atoms with Crippen molar-refractivity contribution in [2.75, 3.05) is 14.2 Å². The van der Waals surface area contributed by atoms with Gasteiger partial charge in [-0.3, -0.25) is 0 Å². The van der Waals surface area contributed by atoms with E-state index in [1.54, 1.807) is 12.1 Å². The third-order valence-electron chi connectivity index (χ3n) is 0.869. The highest BCUT2D eigenvalue weighted by atomic mass is 16.7. The molecule has 9 heavy (non-hydrogen) atoms. The minimum atomic E-state index is -1.72. The van der Waals surface area contributed by atoms with Crippen molar-refractivity contribution in [3.8, 4) is 12.1 Å². The Balaban J connectivity index is 4.28. The summed E-state index contributed by atoms with van der Waals surface area (Å²) in [6.45, 7) is 0. The molecule has 0 aromatic carbocycles. The predicted molar refractivity (Wildman–Crippen MR) is 28.0 cm³/mol. The lowest BCUT2D eigenvalue weighted by molar-refractivity contribution is -0.120. The topological polar surface area (TPSA) is 66.0 Å². The molecule has 0 heterocycles. The maximum atomic E-state index is 8.25. The number of hydrogen-bond acceptors (Lipinski definition) is 4. The Morgan fingerprint density at radius 3 is 1.44 bits per heavy atom. The summed E-state index contributed by atoms with van der Waals surface area (Å²) in [5.41, 5.74) is 0. The van der Waals surface area contributed by atoms with Crippen molar-refractivity contribution in [2.24, 2.45) is 0 Å². The number of nitrogens with zero attached hydrogens (tertiary/aromatic N) is 2. The molecule has 48 valence electrons. The number of rotatable bonds is 2. The average molecular weight is 126 g/mol. The molecule has 0 aliphatic heterocycles. The fraction of sp³-hybridized carbons (Fsp3) is 0.600. The second-order valence-electron chi connectivity index (χ2n) is 1.25. The van der Waals surface area contributed by atoms with Crippen molar-refractivity contribution < 1.29 is 9.47 Å². The Hall–Kier alpha value is -1.10. The van der Waals surface area contributed by atoms with Crippen LogP contribution < -0.4 is 0 Å². The summed E-state index contributed by atoms with van der Waals surface area (Å²) in [6.07, 6.45) is 0. The van der Waals surface area contributed by atoms with Gasteiger partial charge in [-0.1, -0.05) is 0 Å². The van der Waals surface area contributed by atoms with Gasteiger partial charge in [0.25, 0.3) is 0 Å². The summed E-state index contributed by atoms with van der Waals surface area (Å²) < 4.78 is 8.88. The Morgan fingerprint density at radius 2 is 1.44 bits per heavy atom. The predicted octanol–water partition coefficient (Wildman–Crippen LogP) is 0.0227.